The van der Waals surface area contributed by atoms with Gasteiger partial charge in [-0.15, -0.1) is 0 Å². The Morgan fingerprint density at radius 3 is 1.31 bits per heavy atom. The lowest BCUT2D eigenvalue weighted by atomic mass is 9.96. The summed E-state index contributed by atoms with van der Waals surface area (Å²) in [7, 11) is 0. The first-order valence-electron chi connectivity index (χ1n) is 15.9. The summed E-state index contributed by atoms with van der Waals surface area (Å²) in [6.45, 7) is 0.586. The zero-order valence-corrected chi connectivity index (χ0v) is 27.7. The molecule has 1 heterocycles. The molecule has 232 valence electrons. The van der Waals surface area contributed by atoms with Crippen molar-refractivity contribution < 1.29 is 0 Å². The number of aromatic nitrogens is 2. The normalized spacial score (nSPS) is 10.8. The van der Waals surface area contributed by atoms with Gasteiger partial charge in [0.25, 0.3) is 0 Å². The minimum Gasteiger partial charge on any atom is -0.320 e. The third-order valence-corrected chi connectivity index (χ3v) is 8.81. The first-order chi connectivity index (χ1) is 23.6. The van der Waals surface area contributed by atoms with Crippen molar-refractivity contribution in [2.45, 2.75) is 6.54 Å². The van der Waals surface area contributed by atoms with E-state index in [1.807, 2.05) is 60.7 Å². The molecule has 7 rings (SSSR count). The van der Waals surface area contributed by atoms with Crippen molar-refractivity contribution in [2.75, 3.05) is 0 Å². The van der Waals surface area contributed by atoms with Crippen LogP contribution in [0.3, 0.4) is 0 Å². The zero-order valence-electron chi connectivity index (χ0n) is 26.2. The van der Waals surface area contributed by atoms with Crippen LogP contribution < -0.4 is 0 Å². The second-order valence-corrected chi connectivity index (χ2v) is 12.4. The standard InChI is InChI=1S/C44H32Cl2N2/c45-38-25-21-32(22-26-38)31-48-42(29-40(33-13-5-1-6-14-33)34-15-7-2-8-16-34)44(37-23-27-39(46)28-24-37)47-43(48)30-41(35-17-9-3-10-18-35)36-19-11-4-12-20-36/h1-30H,31H2. The van der Waals surface area contributed by atoms with Crippen LogP contribution in [0.2, 0.25) is 10.0 Å². The topological polar surface area (TPSA) is 17.8 Å². The van der Waals surface area contributed by atoms with Crippen LogP contribution in [-0.2, 0) is 6.54 Å². The molecule has 0 bridgehead atoms. The summed E-state index contributed by atoms with van der Waals surface area (Å²) < 4.78 is 2.31. The maximum absolute atomic E-state index is 6.39. The Kier molecular flexibility index (Phi) is 9.47. The Labute approximate surface area is 291 Å². The van der Waals surface area contributed by atoms with Gasteiger partial charge in [-0.25, -0.2) is 4.98 Å². The van der Waals surface area contributed by atoms with Crippen LogP contribution in [-0.4, -0.2) is 9.55 Å². The Hall–Kier alpha value is -5.41. The van der Waals surface area contributed by atoms with E-state index in [1.54, 1.807) is 0 Å². The number of hydrogen-bond acceptors (Lipinski definition) is 1. The summed E-state index contributed by atoms with van der Waals surface area (Å²) in [6.07, 6.45) is 4.49. The van der Waals surface area contributed by atoms with Crippen molar-refractivity contribution in [1.82, 2.24) is 9.55 Å². The molecule has 4 heteroatoms. The lowest BCUT2D eigenvalue weighted by Gasteiger charge is -2.14. The van der Waals surface area contributed by atoms with Crippen LogP contribution in [0.15, 0.2) is 170 Å². The second-order valence-electron chi connectivity index (χ2n) is 11.5. The molecule has 0 spiro atoms. The summed E-state index contributed by atoms with van der Waals surface area (Å²) in [5.74, 6) is 0.837. The van der Waals surface area contributed by atoms with Gasteiger partial charge in [-0.1, -0.05) is 169 Å². The van der Waals surface area contributed by atoms with Gasteiger partial charge in [0.2, 0.25) is 0 Å². The van der Waals surface area contributed by atoms with Gasteiger partial charge in [0, 0.05) is 22.2 Å². The molecule has 0 atom stereocenters. The molecule has 0 fully saturated rings. The zero-order chi connectivity index (χ0) is 32.7. The van der Waals surface area contributed by atoms with Gasteiger partial charge in [0.1, 0.15) is 5.82 Å². The average Bonchev–Trinajstić information content (AvgIpc) is 3.48. The van der Waals surface area contributed by atoms with Crippen molar-refractivity contribution in [3.05, 3.63) is 219 Å². The minimum atomic E-state index is 0.586. The highest BCUT2D eigenvalue weighted by atomic mass is 35.5. The van der Waals surface area contributed by atoms with E-state index in [4.69, 9.17) is 28.2 Å². The van der Waals surface area contributed by atoms with Crippen molar-refractivity contribution in [3.8, 4) is 11.3 Å². The minimum absolute atomic E-state index is 0.586. The molecule has 48 heavy (non-hydrogen) atoms. The molecule has 0 N–H and O–H groups in total. The Bertz CT molecular complexity index is 2080. The molecule has 0 radical (unpaired) electrons. The Balaban J connectivity index is 1.54. The van der Waals surface area contributed by atoms with Gasteiger partial charge in [-0.05, 0) is 75.4 Å². The van der Waals surface area contributed by atoms with E-state index in [1.165, 1.54) is 0 Å². The smallest absolute Gasteiger partial charge is 0.134 e. The van der Waals surface area contributed by atoms with Crippen LogP contribution >= 0.6 is 23.2 Å². The van der Waals surface area contributed by atoms with Gasteiger partial charge in [-0.3, -0.25) is 0 Å². The van der Waals surface area contributed by atoms with E-state index in [2.05, 4.69) is 126 Å². The molecule has 0 aliphatic rings. The number of nitrogens with zero attached hydrogens (tertiary/aromatic N) is 2. The van der Waals surface area contributed by atoms with Crippen LogP contribution in [0.25, 0.3) is 34.6 Å². The maximum atomic E-state index is 6.39. The lowest BCUT2D eigenvalue weighted by Crippen LogP contribution is -2.06. The molecule has 0 aliphatic heterocycles. The number of imidazole rings is 1. The molecule has 0 saturated carbocycles. The van der Waals surface area contributed by atoms with Gasteiger partial charge in [0.15, 0.2) is 0 Å². The highest BCUT2D eigenvalue weighted by Crippen LogP contribution is 2.35. The molecule has 7 aromatic rings. The fourth-order valence-corrected chi connectivity index (χ4v) is 6.15. The Morgan fingerprint density at radius 1 is 0.479 bits per heavy atom. The van der Waals surface area contributed by atoms with Crippen molar-refractivity contribution in [2.24, 2.45) is 0 Å². The van der Waals surface area contributed by atoms with Crippen LogP contribution in [0, 0.1) is 0 Å². The summed E-state index contributed by atoms with van der Waals surface area (Å²) in [5, 5.41) is 1.39. The fourth-order valence-electron chi connectivity index (χ4n) is 5.90. The first kappa shape index (κ1) is 31.2. The SMILES string of the molecule is Clc1ccc(Cn2c(C=C(c3ccccc3)c3ccccc3)nc(-c3ccc(Cl)cc3)c2C=C(c2ccccc2)c2ccccc2)cc1. The monoisotopic (exact) mass is 658 g/mol. The molecule has 0 saturated heterocycles. The average molecular weight is 660 g/mol. The third-order valence-electron chi connectivity index (χ3n) is 8.30. The van der Waals surface area contributed by atoms with E-state index < -0.39 is 0 Å². The van der Waals surface area contributed by atoms with Gasteiger partial charge < -0.3 is 4.57 Å². The largest absolute Gasteiger partial charge is 0.320 e. The molecule has 1 aromatic heterocycles. The van der Waals surface area contributed by atoms with Crippen LogP contribution in [0.5, 0.6) is 0 Å². The van der Waals surface area contributed by atoms with E-state index in [0.717, 1.165) is 61.7 Å². The molecule has 0 amide bonds. The van der Waals surface area contributed by atoms with Gasteiger partial charge >= 0.3 is 0 Å². The third kappa shape index (κ3) is 7.11. The quantitative estimate of drug-likeness (QED) is 0.151. The molecule has 0 unspecified atom stereocenters. The van der Waals surface area contributed by atoms with E-state index in [-0.39, 0.29) is 0 Å². The highest BCUT2D eigenvalue weighted by molar-refractivity contribution is 6.30. The number of rotatable bonds is 9. The summed E-state index contributed by atoms with van der Waals surface area (Å²) in [4.78, 5) is 5.43. The number of halogens is 2. The predicted octanol–water partition coefficient (Wildman–Crippen LogP) is 12.1. The van der Waals surface area contributed by atoms with E-state index in [0.29, 0.717) is 16.6 Å². The lowest BCUT2D eigenvalue weighted by molar-refractivity contribution is 0.780. The molecular weight excluding hydrogens is 627 g/mol. The summed E-state index contributed by atoms with van der Waals surface area (Å²) >= 11 is 12.7. The van der Waals surface area contributed by atoms with Crippen LogP contribution in [0.1, 0.15) is 39.3 Å². The number of benzene rings is 6. The maximum Gasteiger partial charge on any atom is 0.134 e. The summed E-state index contributed by atoms with van der Waals surface area (Å²) in [5.41, 5.74) is 10.6. The van der Waals surface area contributed by atoms with Gasteiger partial charge in [-0.2, -0.15) is 0 Å². The Morgan fingerprint density at radius 2 is 0.875 bits per heavy atom. The first-order valence-corrected chi connectivity index (χ1v) is 16.6. The van der Waals surface area contributed by atoms with E-state index >= 15 is 0 Å². The molecule has 0 aliphatic carbocycles. The molecule has 2 nitrogen and oxygen atoms in total. The van der Waals surface area contributed by atoms with Gasteiger partial charge in [0.05, 0.1) is 11.4 Å². The molecule has 6 aromatic carbocycles. The second kappa shape index (κ2) is 14.6. The van der Waals surface area contributed by atoms with Crippen molar-refractivity contribution in [3.63, 3.8) is 0 Å². The van der Waals surface area contributed by atoms with Crippen LogP contribution in [0.4, 0.5) is 0 Å². The fraction of sp³-hybridized carbons (Fsp3) is 0.0227. The number of hydrogen-bond donors (Lipinski definition) is 0. The highest BCUT2D eigenvalue weighted by Gasteiger charge is 2.20. The molecular formula is C44H32Cl2N2. The predicted molar refractivity (Wildman–Crippen MR) is 203 cm³/mol. The van der Waals surface area contributed by atoms with Crippen molar-refractivity contribution in [1.29, 1.82) is 0 Å². The summed E-state index contributed by atoms with van der Waals surface area (Å²) in [6, 6.07) is 58.0. The van der Waals surface area contributed by atoms with E-state index in [9.17, 15) is 0 Å². The van der Waals surface area contributed by atoms with Crippen molar-refractivity contribution >= 4 is 46.5 Å².